The maximum absolute atomic E-state index is 13.4. The molecule has 0 bridgehead atoms. The molecule has 1 heterocycles. The smallest absolute Gasteiger partial charge is 0.409 e. The molecule has 2 atom stereocenters. The number of methoxy groups -OCH3 is 1. The summed E-state index contributed by atoms with van der Waals surface area (Å²) in [5.74, 6) is -3.54. The van der Waals surface area contributed by atoms with Crippen molar-refractivity contribution in [3.05, 3.63) is 0 Å². The van der Waals surface area contributed by atoms with Gasteiger partial charge in [-0.05, 0) is 44.9 Å². The van der Waals surface area contributed by atoms with Gasteiger partial charge >= 0.3 is 12.1 Å². The van der Waals surface area contributed by atoms with Crippen LogP contribution in [0.5, 0.6) is 0 Å². The van der Waals surface area contributed by atoms with Crippen LogP contribution in [0, 0.1) is 11.8 Å². The fraction of sp³-hybridized carbons (Fsp3) is 0.842. The molecule has 27 heavy (non-hydrogen) atoms. The number of esters is 1. The minimum absolute atomic E-state index is 0.0979. The number of amides is 1. The second-order valence-corrected chi connectivity index (χ2v) is 7.52. The van der Waals surface area contributed by atoms with E-state index in [9.17, 15) is 23.2 Å². The molecule has 2 rings (SSSR count). The molecule has 1 aliphatic heterocycles. The predicted molar refractivity (Wildman–Crippen MR) is 93.4 cm³/mol. The Balaban J connectivity index is 1.99. The van der Waals surface area contributed by atoms with E-state index in [1.807, 2.05) is 0 Å². The van der Waals surface area contributed by atoms with Crippen LogP contribution in [0.4, 0.5) is 13.6 Å². The van der Waals surface area contributed by atoms with E-state index in [0.29, 0.717) is 38.6 Å². The molecule has 0 aromatic rings. The number of carbonyl (C=O) groups excluding carboxylic acids is 3. The monoisotopic (exact) mass is 389 g/mol. The van der Waals surface area contributed by atoms with E-state index in [-0.39, 0.29) is 49.5 Å². The van der Waals surface area contributed by atoms with E-state index >= 15 is 0 Å². The summed E-state index contributed by atoms with van der Waals surface area (Å²) in [7, 11) is 1.30. The van der Waals surface area contributed by atoms with Crippen molar-refractivity contribution in [3.8, 4) is 0 Å². The van der Waals surface area contributed by atoms with Crippen LogP contribution >= 0.6 is 0 Å². The van der Waals surface area contributed by atoms with E-state index in [1.165, 1.54) is 7.11 Å². The third kappa shape index (κ3) is 6.14. The molecule has 0 spiro atoms. The molecule has 1 saturated heterocycles. The first-order valence-electron chi connectivity index (χ1n) is 9.66. The second kappa shape index (κ2) is 9.46. The van der Waals surface area contributed by atoms with Crippen molar-refractivity contribution in [3.63, 3.8) is 0 Å². The SMILES string of the molecule is CCOC(=O)CC(=O)[C@H]1CCN(C(=O)OC)[C@@H](CC2CCC(F)(F)CC2)C1. The van der Waals surface area contributed by atoms with Crippen LogP contribution in [0.2, 0.25) is 0 Å². The number of nitrogens with zero attached hydrogens (tertiary/aromatic N) is 1. The zero-order valence-electron chi connectivity index (χ0n) is 16.0. The van der Waals surface area contributed by atoms with Gasteiger partial charge < -0.3 is 14.4 Å². The van der Waals surface area contributed by atoms with E-state index in [1.54, 1.807) is 11.8 Å². The van der Waals surface area contributed by atoms with Crippen LogP contribution in [-0.2, 0) is 19.1 Å². The number of Topliss-reactive ketones (excluding diaryl/α,β-unsaturated/α-hetero) is 1. The van der Waals surface area contributed by atoms with Crippen LogP contribution in [0.3, 0.4) is 0 Å². The first kappa shape index (κ1) is 21.6. The van der Waals surface area contributed by atoms with E-state index < -0.39 is 18.0 Å². The van der Waals surface area contributed by atoms with Crippen molar-refractivity contribution < 1.29 is 32.6 Å². The van der Waals surface area contributed by atoms with E-state index in [2.05, 4.69) is 0 Å². The summed E-state index contributed by atoms with van der Waals surface area (Å²) in [5, 5.41) is 0. The lowest BCUT2D eigenvalue weighted by molar-refractivity contribution is -0.146. The number of hydrogen-bond donors (Lipinski definition) is 0. The van der Waals surface area contributed by atoms with Crippen molar-refractivity contribution in [2.24, 2.45) is 11.8 Å². The Bertz CT molecular complexity index is 544. The maximum atomic E-state index is 13.4. The largest absolute Gasteiger partial charge is 0.466 e. The minimum atomic E-state index is -2.59. The fourth-order valence-corrected chi connectivity index (χ4v) is 4.14. The van der Waals surface area contributed by atoms with Crippen LogP contribution < -0.4 is 0 Å². The third-order valence-electron chi connectivity index (χ3n) is 5.65. The summed E-state index contributed by atoms with van der Waals surface area (Å²) >= 11 is 0. The fourth-order valence-electron chi connectivity index (χ4n) is 4.14. The minimum Gasteiger partial charge on any atom is -0.466 e. The zero-order valence-corrected chi connectivity index (χ0v) is 16.0. The summed E-state index contributed by atoms with van der Waals surface area (Å²) in [6.07, 6.45) is 1.32. The lowest BCUT2D eigenvalue weighted by Crippen LogP contribution is -2.48. The van der Waals surface area contributed by atoms with Gasteiger partial charge in [0.25, 0.3) is 0 Å². The molecule has 0 aromatic carbocycles. The number of carbonyl (C=O) groups is 3. The van der Waals surface area contributed by atoms with Crippen molar-refractivity contribution in [2.75, 3.05) is 20.3 Å². The quantitative estimate of drug-likeness (QED) is 0.513. The van der Waals surface area contributed by atoms with Gasteiger partial charge in [0.15, 0.2) is 0 Å². The maximum Gasteiger partial charge on any atom is 0.409 e. The molecule has 2 fully saturated rings. The normalized spacial score (nSPS) is 25.7. The van der Waals surface area contributed by atoms with Crippen LogP contribution in [0.15, 0.2) is 0 Å². The molecule has 154 valence electrons. The average Bonchev–Trinajstić information content (AvgIpc) is 2.63. The number of piperidine rings is 1. The molecular formula is C19H29F2NO5. The molecule has 8 heteroatoms. The van der Waals surface area contributed by atoms with Crippen molar-refractivity contribution >= 4 is 17.8 Å². The number of halogens is 2. The molecule has 0 radical (unpaired) electrons. The van der Waals surface area contributed by atoms with Gasteiger partial charge in [0.05, 0.1) is 13.7 Å². The molecular weight excluding hydrogens is 360 g/mol. The van der Waals surface area contributed by atoms with Gasteiger partial charge in [-0.3, -0.25) is 9.59 Å². The topological polar surface area (TPSA) is 72.9 Å². The third-order valence-corrected chi connectivity index (χ3v) is 5.65. The van der Waals surface area contributed by atoms with Crippen LogP contribution in [-0.4, -0.2) is 55.0 Å². The van der Waals surface area contributed by atoms with Gasteiger partial charge in [-0.1, -0.05) is 0 Å². The van der Waals surface area contributed by atoms with Gasteiger partial charge in [0.1, 0.15) is 12.2 Å². The molecule has 2 aliphatic rings. The predicted octanol–water partition coefficient (Wildman–Crippen LogP) is 3.57. The van der Waals surface area contributed by atoms with Crippen LogP contribution in [0.1, 0.15) is 58.3 Å². The summed E-state index contributed by atoms with van der Waals surface area (Å²) in [4.78, 5) is 37.7. The highest BCUT2D eigenvalue weighted by molar-refractivity contribution is 5.96. The van der Waals surface area contributed by atoms with Gasteiger partial charge in [-0.25, -0.2) is 13.6 Å². The summed E-state index contributed by atoms with van der Waals surface area (Å²) in [5.41, 5.74) is 0. The van der Waals surface area contributed by atoms with E-state index in [0.717, 1.165) is 0 Å². The zero-order chi connectivity index (χ0) is 20.0. The lowest BCUT2D eigenvalue weighted by Gasteiger charge is -2.40. The standard InChI is InChI=1S/C19H29F2NO5/c1-3-27-17(24)12-16(23)14-6-9-22(18(25)26-2)15(11-14)10-13-4-7-19(20,21)8-5-13/h13-15H,3-12H2,1-2H3/t14-,15-/m0/s1. The number of ether oxygens (including phenoxy) is 2. The van der Waals surface area contributed by atoms with Gasteiger partial charge in [0.2, 0.25) is 5.92 Å². The highest BCUT2D eigenvalue weighted by atomic mass is 19.3. The van der Waals surface area contributed by atoms with Crippen molar-refractivity contribution in [1.82, 2.24) is 4.90 Å². The number of hydrogen-bond acceptors (Lipinski definition) is 5. The number of rotatable bonds is 6. The first-order valence-corrected chi connectivity index (χ1v) is 9.66. The highest BCUT2D eigenvalue weighted by Crippen LogP contribution is 2.40. The number of ketones is 1. The van der Waals surface area contributed by atoms with Crippen molar-refractivity contribution in [1.29, 1.82) is 0 Å². The Kier molecular flexibility index (Phi) is 7.56. The summed E-state index contributed by atoms with van der Waals surface area (Å²) in [6.45, 7) is 2.27. The molecule has 1 amide bonds. The second-order valence-electron chi connectivity index (χ2n) is 7.52. The lowest BCUT2D eigenvalue weighted by atomic mass is 9.78. The number of likely N-dealkylation sites (tertiary alicyclic amines) is 1. The summed E-state index contributed by atoms with van der Waals surface area (Å²) in [6, 6.07) is -0.237. The van der Waals surface area contributed by atoms with Gasteiger partial charge in [-0.15, -0.1) is 0 Å². The molecule has 6 nitrogen and oxygen atoms in total. The van der Waals surface area contributed by atoms with Crippen molar-refractivity contribution in [2.45, 2.75) is 70.3 Å². The Morgan fingerprint density at radius 2 is 1.81 bits per heavy atom. The Morgan fingerprint density at radius 3 is 2.41 bits per heavy atom. The average molecular weight is 389 g/mol. The van der Waals surface area contributed by atoms with E-state index in [4.69, 9.17) is 9.47 Å². The van der Waals surface area contributed by atoms with Gasteiger partial charge in [0, 0.05) is 31.3 Å². The Morgan fingerprint density at radius 1 is 1.15 bits per heavy atom. The molecule has 1 saturated carbocycles. The number of alkyl halides is 2. The Labute approximate surface area is 158 Å². The summed E-state index contributed by atoms with van der Waals surface area (Å²) < 4.78 is 36.5. The highest BCUT2D eigenvalue weighted by Gasteiger charge is 2.40. The van der Waals surface area contributed by atoms with Crippen LogP contribution in [0.25, 0.3) is 0 Å². The molecule has 1 aliphatic carbocycles. The first-order chi connectivity index (χ1) is 12.8. The molecule has 0 aromatic heterocycles. The molecule has 0 unspecified atom stereocenters. The molecule has 0 N–H and O–H groups in total. The Hall–Kier alpha value is -1.73. The van der Waals surface area contributed by atoms with Gasteiger partial charge in [-0.2, -0.15) is 0 Å².